The van der Waals surface area contributed by atoms with Gasteiger partial charge < -0.3 is 0 Å². The van der Waals surface area contributed by atoms with Crippen LogP contribution < -0.4 is 0 Å². The Labute approximate surface area is 87.3 Å². The number of nitriles is 1. The van der Waals surface area contributed by atoms with E-state index in [2.05, 4.69) is 22.6 Å². The van der Waals surface area contributed by atoms with Gasteiger partial charge in [0.25, 0.3) is 0 Å². The van der Waals surface area contributed by atoms with Crippen LogP contribution in [-0.2, 0) is 0 Å². The fraction of sp³-hybridized carbons (Fsp3) is 0. The molecule has 11 heavy (non-hydrogen) atoms. The van der Waals surface area contributed by atoms with Gasteiger partial charge in [-0.3, -0.25) is 0 Å². The lowest BCUT2D eigenvalue weighted by Crippen LogP contribution is -1.93. The van der Waals surface area contributed by atoms with Gasteiger partial charge in [-0.05, 0) is 22.6 Å². The maximum Gasteiger partial charge on any atom is 0.186 e. The van der Waals surface area contributed by atoms with Gasteiger partial charge in [0, 0.05) is 0 Å². The van der Waals surface area contributed by atoms with Crippen LogP contribution in [0.25, 0.3) is 0 Å². The first-order valence-corrected chi connectivity index (χ1v) is 4.37. The van der Waals surface area contributed by atoms with E-state index in [1.807, 2.05) is 28.7 Å². The quantitative estimate of drug-likeness (QED) is 0.344. The number of hydrogen-bond acceptors (Lipinski definition) is 4. The molecule has 0 atom stereocenters. The molecule has 0 aliphatic rings. The van der Waals surface area contributed by atoms with E-state index in [0.29, 0.717) is 9.26 Å². The molecule has 56 valence electrons. The van der Waals surface area contributed by atoms with Crippen LogP contribution in [0.5, 0.6) is 0 Å². The Morgan fingerprint density at radius 2 is 2.18 bits per heavy atom. The molecule has 0 unspecified atom stereocenters. The van der Waals surface area contributed by atoms with E-state index in [-0.39, 0.29) is 10.3 Å². The van der Waals surface area contributed by atoms with Crippen LogP contribution in [-0.4, -0.2) is 9.97 Å². The molecule has 0 aromatic carbocycles. The third-order valence-corrected chi connectivity index (χ3v) is 2.17. The van der Waals surface area contributed by atoms with Gasteiger partial charge in [-0.1, -0.05) is 11.6 Å². The largest absolute Gasteiger partial charge is 0.215 e. The topological polar surface area (TPSA) is 49.6 Å². The summed E-state index contributed by atoms with van der Waals surface area (Å²) in [5, 5.41) is 8.97. The summed E-state index contributed by atoms with van der Waals surface area (Å²) < 4.78 is 0.523. The second kappa shape index (κ2) is 3.56. The average molecular weight is 298 g/mol. The number of thiol groups is 1. The van der Waals surface area contributed by atoms with E-state index in [1.54, 1.807) is 0 Å². The Hall–Kier alpha value is -0.0600. The SMILES string of the molecule is N#Cc1c(Cl)nc(S)nc1I. The van der Waals surface area contributed by atoms with Crippen LogP contribution in [0.1, 0.15) is 5.56 Å². The van der Waals surface area contributed by atoms with Crippen molar-refractivity contribution in [1.29, 1.82) is 5.26 Å². The van der Waals surface area contributed by atoms with Crippen LogP contribution in [0.2, 0.25) is 5.15 Å². The van der Waals surface area contributed by atoms with Crippen molar-refractivity contribution in [2.45, 2.75) is 5.16 Å². The average Bonchev–Trinajstić information content (AvgIpc) is 1.85. The highest BCUT2D eigenvalue weighted by atomic mass is 127. The molecular formula is C5HClIN3S. The van der Waals surface area contributed by atoms with Gasteiger partial charge in [-0.2, -0.15) is 5.26 Å². The number of aromatic nitrogens is 2. The third kappa shape index (κ3) is 1.95. The predicted molar refractivity (Wildman–Crippen MR) is 51.7 cm³/mol. The van der Waals surface area contributed by atoms with Gasteiger partial charge in [-0.15, -0.1) is 12.6 Å². The van der Waals surface area contributed by atoms with Crippen molar-refractivity contribution in [3.05, 3.63) is 14.4 Å². The van der Waals surface area contributed by atoms with Gasteiger partial charge in [0.05, 0.1) is 0 Å². The van der Waals surface area contributed by atoms with Gasteiger partial charge in [0.1, 0.15) is 15.3 Å². The lowest BCUT2D eigenvalue weighted by atomic mass is 10.4. The minimum Gasteiger partial charge on any atom is -0.215 e. The smallest absolute Gasteiger partial charge is 0.186 e. The van der Waals surface area contributed by atoms with E-state index in [1.165, 1.54) is 0 Å². The van der Waals surface area contributed by atoms with Gasteiger partial charge in [-0.25, -0.2) is 9.97 Å². The molecule has 0 N–H and O–H groups in total. The molecule has 0 aliphatic carbocycles. The van der Waals surface area contributed by atoms with Crippen LogP contribution >= 0.6 is 46.8 Å². The molecule has 0 saturated heterocycles. The van der Waals surface area contributed by atoms with E-state index < -0.39 is 0 Å². The number of rotatable bonds is 0. The molecular weight excluding hydrogens is 296 g/mol. The molecule has 1 aromatic heterocycles. The fourth-order valence-electron chi connectivity index (χ4n) is 0.490. The van der Waals surface area contributed by atoms with E-state index in [9.17, 15) is 0 Å². The molecule has 0 saturated carbocycles. The highest BCUT2D eigenvalue weighted by Crippen LogP contribution is 2.18. The van der Waals surface area contributed by atoms with Gasteiger partial charge in [0.15, 0.2) is 10.3 Å². The molecule has 1 aromatic rings. The zero-order valence-corrected chi connectivity index (χ0v) is 8.85. The summed E-state index contributed by atoms with van der Waals surface area (Å²) in [6, 6.07) is 1.89. The van der Waals surface area contributed by atoms with E-state index >= 15 is 0 Å². The molecule has 0 amide bonds. The first-order chi connectivity index (χ1) is 5.15. The summed E-state index contributed by atoms with van der Waals surface area (Å²) in [5.74, 6) is 0. The zero-order valence-electron chi connectivity index (χ0n) is 5.04. The Bertz CT molecular complexity index is 312. The molecule has 0 bridgehead atoms. The number of hydrogen-bond donors (Lipinski definition) is 1. The third-order valence-electron chi connectivity index (χ3n) is 0.921. The lowest BCUT2D eigenvalue weighted by Gasteiger charge is -1.96. The maximum absolute atomic E-state index is 8.55. The Morgan fingerprint density at radius 1 is 1.55 bits per heavy atom. The molecule has 0 fully saturated rings. The monoisotopic (exact) mass is 297 g/mol. The molecule has 6 heteroatoms. The predicted octanol–water partition coefficient (Wildman–Crippen LogP) is 1.89. The highest BCUT2D eigenvalue weighted by molar-refractivity contribution is 14.1. The van der Waals surface area contributed by atoms with Crippen LogP contribution in [0.15, 0.2) is 5.16 Å². The first-order valence-electron chi connectivity index (χ1n) is 2.47. The summed E-state index contributed by atoms with van der Waals surface area (Å²) in [6.45, 7) is 0. The lowest BCUT2D eigenvalue weighted by molar-refractivity contribution is 0.946. The molecule has 0 radical (unpaired) electrons. The van der Waals surface area contributed by atoms with Crippen molar-refractivity contribution in [2.24, 2.45) is 0 Å². The van der Waals surface area contributed by atoms with Crippen molar-refractivity contribution in [3.63, 3.8) is 0 Å². The fourth-order valence-corrected chi connectivity index (χ4v) is 1.92. The molecule has 3 nitrogen and oxygen atoms in total. The molecule has 1 heterocycles. The molecule has 0 aliphatic heterocycles. The molecule has 1 rings (SSSR count). The van der Waals surface area contributed by atoms with E-state index in [4.69, 9.17) is 16.9 Å². The first kappa shape index (κ1) is 9.03. The van der Waals surface area contributed by atoms with Gasteiger partial charge >= 0.3 is 0 Å². The Kier molecular flexibility index (Phi) is 2.92. The van der Waals surface area contributed by atoms with Crippen molar-refractivity contribution < 1.29 is 0 Å². The van der Waals surface area contributed by atoms with Gasteiger partial charge in [0.2, 0.25) is 0 Å². The van der Waals surface area contributed by atoms with Crippen molar-refractivity contribution in [3.8, 4) is 6.07 Å². The standard InChI is InChI=1S/C5HClIN3S/c6-3-2(1-8)4(7)10-5(11)9-3/h(H,9,10,11). The van der Waals surface area contributed by atoms with Crippen molar-refractivity contribution >= 4 is 46.8 Å². The summed E-state index contributed by atoms with van der Waals surface area (Å²) in [6.07, 6.45) is 0. The highest BCUT2D eigenvalue weighted by Gasteiger charge is 2.07. The Balaban J connectivity index is 3.40. The van der Waals surface area contributed by atoms with Crippen LogP contribution in [0.3, 0.4) is 0 Å². The number of halogens is 2. The van der Waals surface area contributed by atoms with Crippen LogP contribution in [0, 0.1) is 15.0 Å². The second-order valence-electron chi connectivity index (χ2n) is 1.59. The maximum atomic E-state index is 8.55. The number of nitrogens with zero attached hydrogens (tertiary/aromatic N) is 3. The molecule has 0 spiro atoms. The summed E-state index contributed by atoms with van der Waals surface area (Å²) in [7, 11) is 0. The zero-order chi connectivity index (χ0) is 8.43. The minimum atomic E-state index is 0.150. The van der Waals surface area contributed by atoms with E-state index in [0.717, 1.165) is 0 Å². The van der Waals surface area contributed by atoms with Crippen molar-refractivity contribution in [1.82, 2.24) is 9.97 Å². The van der Waals surface area contributed by atoms with Crippen LogP contribution in [0.4, 0.5) is 0 Å². The summed E-state index contributed by atoms with van der Waals surface area (Å²) in [4.78, 5) is 7.53. The minimum absolute atomic E-state index is 0.150. The second-order valence-corrected chi connectivity index (χ2v) is 3.37. The normalized spacial score (nSPS) is 9.27. The van der Waals surface area contributed by atoms with Crippen molar-refractivity contribution in [2.75, 3.05) is 0 Å². The summed E-state index contributed by atoms with van der Waals surface area (Å²) in [5.41, 5.74) is 0.296. The summed E-state index contributed by atoms with van der Waals surface area (Å²) >= 11 is 11.4. The Morgan fingerprint density at radius 3 is 2.64 bits per heavy atom.